The second-order valence-corrected chi connectivity index (χ2v) is 5.01. The number of benzene rings is 1. The standard InChI is InChI=1S/C15H23NO2/c1-12-3-4-15(17-2)14(9-12)10-16-7-5-13-6-8-18-11-13/h3-4,9,13,16H,5-8,10-11H2,1-2H3. The summed E-state index contributed by atoms with van der Waals surface area (Å²) in [6, 6.07) is 6.31. The Balaban J connectivity index is 1.76. The minimum absolute atomic E-state index is 0.747. The molecule has 1 atom stereocenters. The lowest BCUT2D eigenvalue weighted by Gasteiger charge is -2.12. The Labute approximate surface area is 109 Å². The van der Waals surface area contributed by atoms with Crippen LogP contribution in [0.3, 0.4) is 0 Å². The zero-order valence-corrected chi connectivity index (χ0v) is 11.4. The molecule has 1 aliphatic rings. The monoisotopic (exact) mass is 249 g/mol. The molecule has 1 unspecified atom stereocenters. The van der Waals surface area contributed by atoms with Gasteiger partial charge in [0.2, 0.25) is 0 Å². The quantitative estimate of drug-likeness (QED) is 0.786. The molecule has 1 heterocycles. The number of methoxy groups -OCH3 is 1. The van der Waals surface area contributed by atoms with Gasteiger partial charge >= 0.3 is 0 Å². The lowest BCUT2D eigenvalue weighted by Crippen LogP contribution is -2.18. The van der Waals surface area contributed by atoms with Crippen molar-refractivity contribution in [1.82, 2.24) is 5.32 Å². The molecule has 100 valence electrons. The number of hydrogen-bond acceptors (Lipinski definition) is 3. The molecule has 18 heavy (non-hydrogen) atoms. The smallest absolute Gasteiger partial charge is 0.123 e. The lowest BCUT2D eigenvalue weighted by molar-refractivity contribution is 0.184. The summed E-state index contributed by atoms with van der Waals surface area (Å²) in [5.74, 6) is 1.72. The van der Waals surface area contributed by atoms with Crippen LogP contribution in [0.4, 0.5) is 0 Å². The molecule has 1 aromatic rings. The van der Waals surface area contributed by atoms with Gasteiger partial charge in [0.1, 0.15) is 5.75 Å². The van der Waals surface area contributed by atoms with E-state index in [1.807, 2.05) is 6.07 Å². The van der Waals surface area contributed by atoms with Crippen LogP contribution in [0.5, 0.6) is 5.75 Å². The van der Waals surface area contributed by atoms with E-state index in [0.29, 0.717) is 0 Å². The average molecular weight is 249 g/mol. The number of rotatable bonds is 6. The van der Waals surface area contributed by atoms with Gasteiger partial charge in [0, 0.05) is 25.3 Å². The molecule has 0 spiro atoms. The van der Waals surface area contributed by atoms with Crippen LogP contribution in [0.2, 0.25) is 0 Å². The minimum Gasteiger partial charge on any atom is -0.496 e. The average Bonchev–Trinajstić information content (AvgIpc) is 2.88. The largest absolute Gasteiger partial charge is 0.496 e. The Bertz CT molecular complexity index is 373. The molecule has 0 bridgehead atoms. The molecule has 0 radical (unpaired) electrons. The maximum atomic E-state index is 5.38. The van der Waals surface area contributed by atoms with Crippen LogP contribution in [-0.2, 0) is 11.3 Å². The fourth-order valence-corrected chi connectivity index (χ4v) is 2.39. The van der Waals surface area contributed by atoms with Crippen molar-refractivity contribution in [2.24, 2.45) is 5.92 Å². The first-order chi connectivity index (χ1) is 8.79. The molecule has 0 aromatic heterocycles. The van der Waals surface area contributed by atoms with E-state index in [-0.39, 0.29) is 0 Å². The molecular weight excluding hydrogens is 226 g/mol. The van der Waals surface area contributed by atoms with Gasteiger partial charge in [-0.2, -0.15) is 0 Å². The Morgan fingerprint density at radius 3 is 3.06 bits per heavy atom. The summed E-state index contributed by atoms with van der Waals surface area (Å²) in [6.45, 7) is 5.91. The van der Waals surface area contributed by atoms with E-state index in [1.54, 1.807) is 7.11 Å². The molecule has 1 N–H and O–H groups in total. The highest BCUT2D eigenvalue weighted by atomic mass is 16.5. The summed E-state index contributed by atoms with van der Waals surface area (Å²) >= 11 is 0. The Morgan fingerprint density at radius 2 is 2.33 bits per heavy atom. The third-order valence-corrected chi connectivity index (χ3v) is 3.50. The zero-order chi connectivity index (χ0) is 12.8. The van der Waals surface area contributed by atoms with E-state index in [2.05, 4.69) is 24.4 Å². The van der Waals surface area contributed by atoms with Crippen LogP contribution in [0.15, 0.2) is 18.2 Å². The van der Waals surface area contributed by atoms with Gasteiger partial charge in [0.15, 0.2) is 0 Å². The fourth-order valence-electron chi connectivity index (χ4n) is 2.39. The van der Waals surface area contributed by atoms with Crippen LogP contribution < -0.4 is 10.1 Å². The van der Waals surface area contributed by atoms with E-state index in [4.69, 9.17) is 9.47 Å². The van der Waals surface area contributed by atoms with E-state index in [1.165, 1.54) is 24.0 Å². The maximum absolute atomic E-state index is 5.38. The van der Waals surface area contributed by atoms with Gasteiger partial charge in [-0.25, -0.2) is 0 Å². The van der Waals surface area contributed by atoms with Gasteiger partial charge in [-0.1, -0.05) is 17.7 Å². The molecule has 0 amide bonds. The normalized spacial score (nSPS) is 19.1. The summed E-state index contributed by atoms with van der Waals surface area (Å²) in [6.07, 6.45) is 2.42. The van der Waals surface area contributed by atoms with Gasteiger partial charge in [-0.05, 0) is 38.3 Å². The van der Waals surface area contributed by atoms with Gasteiger partial charge in [0.25, 0.3) is 0 Å². The first-order valence-corrected chi connectivity index (χ1v) is 6.71. The molecule has 1 aliphatic heterocycles. The second-order valence-electron chi connectivity index (χ2n) is 5.01. The highest BCUT2D eigenvalue weighted by molar-refractivity contribution is 5.36. The van der Waals surface area contributed by atoms with Crippen molar-refractivity contribution in [1.29, 1.82) is 0 Å². The predicted octanol–water partition coefficient (Wildman–Crippen LogP) is 2.52. The van der Waals surface area contributed by atoms with Crippen LogP contribution >= 0.6 is 0 Å². The topological polar surface area (TPSA) is 30.5 Å². The summed E-state index contributed by atoms with van der Waals surface area (Å²) in [5.41, 5.74) is 2.51. The van der Waals surface area contributed by atoms with E-state index < -0.39 is 0 Å². The van der Waals surface area contributed by atoms with Crippen LogP contribution in [-0.4, -0.2) is 26.9 Å². The molecule has 1 fully saturated rings. The van der Waals surface area contributed by atoms with Crippen LogP contribution in [0, 0.1) is 12.8 Å². The first-order valence-electron chi connectivity index (χ1n) is 6.71. The summed E-state index contributed by atoms with van der Waals surface area (Å²) in [4.78, 5) is 0. The van der Waals surface area contributed by atoms with Crippen molar-refractivity contribution < 1.29 is 9.47 Å². The van der Waals surface area contributed by atoms with Crippen molar-refractivity contribution in [3.8, 4) is 5.75 Å². The Morgan fingerprint density at radius 1 is 1.44 bits per heavy atom. The van der Waals surface area contributed by atoms with Gasteiger partial charge in [0.05, 0.1) is 7.11 Å². The Kier molecular flexibility index (Phi) is 5.02. The Hall–Kier alpha value is -1.06. The van der Waals surface area contributed by atoms with Crippen LogP contribution in [0.25, 0.3) is 0 Å². The lowest BCUT2D eigenvalue weighted by atomic mass is 10.1. The molecule has 1 saturated heterocycles. The summed E-state index contributed by atoms with van der Waals surface area (Å²) in [7, 11) is 1.73. The molecule has 1 aromatic carbocycles. The van der Waals surface area contributed by atoms with Gasteiger partial charge in [-0.15, -0.1) is 0 Å². The summed E-state index contributed by atoms with van der Waals surface area (Å²) < 4.78 is 10.7. The SMILES string of the molecule is COc1ccc(C)cc1CNCCC1CCOC1. The number of aryl methyl sites for hydroxylation is 1. The highest BCUT2D eigenvalue weighted by Crippen LogP contribution is 2.19. The first kappa shape index (κ1) is 13.4. The van der Waals surface area contributed by atoms with Crippen molar-refractivity contribution in [2.45, 2.75) is 26.3 Å². The molecular formula is C15H23NO2. The molecule has 0 saturated carbocycles. The number of hydrogen-bond donors (Lipinski definition) is 1. The maximum Gasteiger partial charge on any atom is 0.123 e. The van der Waals surface area contributed by atoms with E-state index >= 15 is 0 Å². The molecule has 2 rings (SSSR count). The third kappa shape index (κ3) is 3.72. The van der Waals surface area contributed by atoms with Crippen molar-refractivity contribution in [3.63, 3.8) is 0 Å². The fraction of sp³-hybridized carbons (Fsp3) is 0.600. The molecule has 0 aliphatic carbocycles. The zero-order valence-electron chi connectivity index (χ0n) is 11.4. The van der Waals surface area contributed by atoms with Crippen LogP contribution in [0.1, 0.15) is 24.0 Å². The van der Waals surface area contributed by atoms with Crippen molar-refractivity contribution in [2.75, 3.05) is 26.9 Å². The molecule has 3 heteroatoms. The van der Waals surface area contributed by atoms with Crippen molar-refractivity contribution >= 4 is 0 Å². The van der Waals surface area contributed by atoms with Gasteiger partial charge in [-0.3, -0.25) is 0 Å². The minimum atomic E-state index is 0.747. The highest BCUT2D eigenvalue weighted by Gasteiger charge is 2.14. The number of ether oxygens (including phenoxy) is 2. The van der Waals surface area contributed by atoms with E-state index in [9.17, 15) is 0 Å². The third-order valence-electron chi connectivity index (χ3n) is 3.50. The van der Waals surface area contributed by atoms with Crippen molar-refractivity contribution in [3.05, 3.63) is 29.3 Å². The van der Waals surface area contributed by atoms with E-state index in [0.717, 1.165) is 38.0 Å². The predicted molar refractivity (Wildman–Crippen MR) is 73.0 cm³/mol. The second kappa shape index (κ2) is 6.76. The number of nitrogens with one attached hydrogen (secondary N) is 1. The summed E-state index contributed by atoms with van der Waals surface area (Å²) in [5, 5.41) is 3.49. The van der Waals surface area contributed by atoms with Gasteiger partial charge < -0.3 is 14.8 Å². The molecule has 3 nitrogen and oxygen atoms in total.